The summed E-state index contributed by atoms with van der Waals surface area (Å²) in [4.78, 5) is 16.8. The molecular weight excluding hydrogens is 418 g/mol. The van der Waals surface area contributed by atoms with Crippen LogP contribution >= 0.6 is 0 Å². The lowest BCUT2D eigenvalue weighted by atomic mass is 10.1. The molecule has 4 rings (SSSR count). The van der Waals surface area contributed by atoms with Crippen molar-refractivity contribution in [1.29, 1.82) is 0 Å². The highest BCUT2D eigenvalue weighted by atomic mass is 32.2. The Morgan fingerprint density at radius 2 is 1.68 bits per heavy atom. The van der Waals surface area contributed by atoms with Gasteiger partial charge in [-0.2, -0.15) is 4.31 Å². The standard InChI is InChI=1S/C22H27N3O5S/c1-31(27,28)25(15-18-5-3-2-4-6-18)16-22(26)24-11-9-23(10-12-24)14-19-7-8-20-21(13-19)30-17-29-20/h2-8,13H,9-12,14-17H2,1H3. The molecule has 0 bridgehead atoms. The molecule has 0 aromatic heterocycles. The molecule has 1 amide bonds. The fourth-order valence-electron chi connectivity index (χ4n) is 3.78. The molecule has 2 aromatic carbocycles. The Hall–Kier alpha value is -2.62. The Kier molecular flexibility index (Phi) is 6.45. The van der Waals surface area contributed by atoms with Crippen LogP contribution in [0.5, 0.6) is 11.5 Å². The third-order valence-electron chi connectivity index (χ3n) is 5.55. The minimum Gasteiger partial charge on any atom is -0.454 e. The zero-order valence-corrected chi connectivity index (χ0v) is 18.4. The van der Waals surface area contributed by atoms with Gasteiger partial charge in [0.2, 0.25) is 22.7 Å². The number of fused-ring (bicyclic) bond motifs is 1. The van der Waals surface area contributed by atoms with E-state index < -0.39 is 10.0 Å². The molecule has 0 radical (unpaired) electrons. The highest BCUT2D eigenvalue weighted by Gasteiger charge is 2.26. The van der Waals surface area contributed by atoms with Crippen molar-refractivity contribution in [2.75, 3.05) is 45.8 Å². The highest BCUT2D eigenvalue weighted by molar-refractivity contribution is 7.88. The average molecular weight is 446 g/mol. The number of ether oxygens (including phenoxy) is 2. The Morgan fingerprint density at radius 3 is 2.39 bits per heavy atom. The normalized spacial score (nSPS) is 16.6. The molecule has 8 nitrogen and oxygen atoms in total. The number of piperazine rings is 1. The second-order valence-electron chi connectivity index (χ2n) is 7.86. The summed E-state index contributed by atoms with van der Waals surface area (Å²) in [6.07, 6.45) is 1.15. The van der Waals surface area contributed by atoms with Crippen LogP contribution in [0.15, 0.2) is 48.5 Å². The molecule has 1 saturated heterocycles. The van der Waals surface area contributed by atoms with Gasteiger partial charge in [0.05, 0.1) is 12.8 Å². The largest absolute Gasteiger partial charge is 0.454 e. The van der Waals surface area contributed by atoms with Crippen LogP contribution in [-0.2, 0) is 27.9 Å². The van der Waals surface area contributed by atoms with E-state index in [9.17, 15) is 13.2 Å². The van der Waals surface area contributed by atoms with E-state index in [4.69, 9.17) is 9.47 Å². The van der Waals surface area contributed by atoms with Gasteiger partial charge in [0.1, 0.15) is 0 Å². The zero-order valence-electron chi connectivity index (χ0n) is 17.6. The van der Waals surface area contributed by atoms with Crippen LogP contribution in [0.25, 0.3) is 0 Å². The third-order valence-corrected chi connectivity index (χ3v) is 6.75. The van der Waals surface area contributed by atoms with Crippen LogP contribution in [0.4, 0.5) is 0 Å². The molecule has 0 spiro atoms. The molecule has 2 aliphatic rings. The maximum Gasteiger partial charge on any atom is 0.237 e. The van der Waals surface area contributed by atoms with Crippen LogP contribution in [-0.4, -0.2) is 74.2 Å². The lowest BCUT2D eigenvalue weighted by Crippen LogP contribution is -2.51. The molecule has 2 heterocycles. The van der Waals surface area contributed by atoms with Gasteiger partial charge in [-0.1, -0.05) is 36.4 Å². The van der Waals surface area contributed by atoms with E-state index in [-0.39, 0.29) is 25.8 Å². The minimum absolute atomic E-state index is 0.143. The Labute approximate surface area is 183 Å². The number of carbonyl (C=O) groups excluding carboxylic acids is 1. The fourth-order valence-corrected chi connectivity index (χ4v) is 4.51. The molecule has 31 heavy (non-hydrogen) atoms. The van der Waals surface area contributed by atoms with Gasteiger partial charge < -0.3 is 14.4 Å². The Morgan fingerprint density at radius 1 is 0.968 bits per heavy atom. The van der Waals surface area contributed by atoms with Gasteiger partial charge >= 0.3 is 0 Å². The Bertz CT molecular complexity index is 1020. The molecule has 0 saturated carbocycles. The molecular formula is C22H27N3O5S. The van der Waals surface area contributed by atoms with Crippen molar-refractivity contribution in [3.8, 4) is 11.5 Å². The van der Waals surface area contributed by atoms with Crippen LogP contribution in [0.2, 0.25) is 0 Å². The molecule has 0 aliphatic carbocycles. The first kappa shape index (κ1) is 21.6. The second kappa shape index (κ2) is 9.25. The van der Waals surface area contributed by atoms with E-state index >= 15 is 0 Å². The van der Waals surface area contributed by atoms with Crippen molar-refractivity contribution >= 4 is 15.9 Å². The van der Waals surface area contributed by atoms with Crippen LogP contribution in [0.3, 0.4) is 0 Å². The number of benzene rings is 2. The van der Waals surface area contributed by atoms with Crippen LogP contribution in [0.1, 0.15) is 11.1 Å². The molecule has 2 aromatic rings. The summed E-state index contributed by atoms with van der Waals surface area (Å²) in [6, 6.07) is 15.3. The van der Waals surface area contributed by atoms with E-state index in [1.807, 2.05) is 48.5 Å². The highest BCUT2D eigenvalue weighted by Crippen LogP contribution is 2.32. The average Bonchev–Trinajstić information content (AvgIpc) is 3.22. The molecule has 2 aliphatic heterocycles. The van der Waals surface area contributed by atoms with Gasteiger partial charge in [0.25, 0.3) is 0 Å². The van der Waals surface area contributed by atoms with Gasteiger partial charge in [-0.05, 0) is 23.3 Å². The lowest BCUT2D eigenvalue weighted by molar-refractivity contribution is -0.133. The topological polar surface area (TPSA) is 79.4 Å². The number of rotatable bonds is 7. The van der Waals surface area contributed by atoms with E-state index in [2.05, 4.69) is 4.90 Å². The summed E-state index contributed by atoms with van der Waals surface area (Å²) >= 11 is 0. The SMILES string of the molecule is CS(=O)(=O)N(CC(=O)N1CCN(Cc2ccc3c(c2)OCO3)CC1)Cc1ccccc1. The van der Waals surface area contributed by atoms with E-state index in [1.54, 1.807) is 4.90 Å². The fraction of sp³-hybridized carbons (Fsp3) is 0.409. The molecule has 1 fully saturated rings. The third kappa shape index (κ3) is 5.55. The van der Waals surface area contributed by atoms with Crippen molar-refractivity contribution < 1.29 is 22.7 Å². The van der Waals surface area contributed by atoms with Gasteiger partial charge in [-0.3, -0.25) is 9.69 Å². The van der Waals surface area contributed by atoms with Gasteiger partial charge in [0.15, 0.2) is 11.5 Å². The van der Waals surface area contributed by atoms with E-state index in [0.29, 0.717) is 13.1 Å². The quantitative estimate of drug-likeness (QED) is 0.643. The smallest absolute Gasteiger partial charge is 0.237 e. The number of amides is 1. The number of nitrogens with zero attached hydrogens (tertiary/aromatic N) is 3. The lowest BCUT2D eigenvalue weighted by Gasteiger charge is -2.35. The zero-order chi connectivity index (χ0) is 21.8. The second-order valence-corrected chi connectivity index (χ2v) is 9.84. The molecule has 0 unspecified atom stereocenters. The number of hydrogen-bond donors (Lipinski definition) is 0. The first-order valence-corrected chi connectivity index (χ1v) is 12.1. The summed E-state index contributed by atoms with van der Waals surface area (Å²) in [5, 5.41) is 0. The van der Waals surface area contributed by atoms with E-state index in [0.717, 1.165) is 48.5 Å². The summed E-state index contributed by atoms with van der Waals surface area (Å²) < 4.78 is 36.5. The maximum absolute atomic E-state index is 12.8. The van der Waals surface area contributed by atoms with Crippen molar-refractivity contribution in [2.24, 2.45) is 0 Å². The predicted octanol–water partition coefficient (Wildman–Crippen LogP) is 1.52. The van der Waals surface area contributed by atoms with Crippen molar-refractivity contribution in [3.63, 3.8) is 0 Å². The van der Waals surface area contributed by atoms with Crippen LogP contribution < -0.4 is 9.47 Å². The van der Waals surface area contributed by atoms with Gasteiger partial charge in [0, 0.05) is 39.3 Å². The Balaban J connectivity index is 1.30. The van der Waals surface area contributed by atoms with Crippen molar-refractivity contribution in [3.05, 3.63) is 59.7 Å². The molecule has 166 valence electrons. The molecule has 0 N–H and O–H groups in total. The monoisotopic (exact) mass is 445 g/mol. The number of hydrogen-bond acceptors (Lipinski definition) is 6. The van der Waals surface area contributed by atoms with Crippen molar-refractivity contribution in [1.82, 2.24) is 14.1 Å². The molecule has 9 heteroatoms. The first-order valence-electron chi connectivity index (χ1n) is 10.3. The summed E-state index contributed by atoms with van der Waals surface area (Å²) in [7, 11) is -3.50. The summed E-state index contributed by atoms with van der Waals surface area (Å²) in [5.74, 6) is 1.37. The van der Waals surface area contributed by atoms with E-state index in [1.165, 1.54) is 4.31 Å². The van der Waals surface area contributed by atoms with Crippen LogP contribution in [0, 0.1) is 0 Å². The first-order chi connectivity index (χ1) is 14.9. The summed E-state index contributed by atoms with van der Waals surface area (Å²) in [5.41, 5.74) is 1.99. The maximum atomic E-state index is 12.8. The predicted molar refractivity (Wildman–Crippen MR) is 116 cm³/mol. The number of sulfonamides is 1. The van der Waals surface area contributed by atoms with Gasteiger partial charge in [-0.15, -0.1) is 0 Å². The minimum atomic E-state index is -3.50. The number of carbonyl (C=O) groups is 1. The molecule has 0 atom stereocenters. The van der Waals surface area contributed by atoms with Crippen molar-refractivity contribution in [2.45, 2.75) is 13.1 Å². The summed E-state index contributed by atoms with van der Waals surface area (Å²) in [6.45, 7) is 3.69. The van der Waals surface area contributed by atoms with Gasteiger partial charge in [-0.25, -0.2) is 8.42 Å².